The molecule has 150 valence electrons. The zero-order valence-electron chi connectivity index (χ0n) is 16.8. The molecule has 0 aliphatic heterocycles. The maximum atomic E-state index is 9.96. The molecule has 0 aromatic heterocycles. The molecule has 1 N–H and O–H groups in total. The molecule has 0 aliphatic rings. The molecule has 29 heavy (non-hydrogen) atoms. The minimum absolute atomic E-state index is 0.0102. The monoisotopic (exact) mass is 514 g/mol. The lowest BCUT2D eigenvalue weighted by atomic mass is 10.0. The number of halogens is 1. The number of hydrogen-bond donors (Lipinski definition) is 1. The second-order valence-corrected chi connectivity index (χ2v) is 11.3. The summed E-state index contributed by atoms with van der Waals surface area (Å²) in [4.78, 5) is 0. The fraction of sp³-hybridized carbons (Fsp3) is 0.200. The Hall–Kier alpha value is -1.73. The molecule has 0 saturated carbocycles. The molecule has 0 saturated heterocycles. The van der Waals surface area contributed by atoms with Crippen molar-refractivity contribution < 1.29 is 9.53 Å². The first kappa shape index (κ1) is 22.0. The molecule has 3 aromatic rings. The normalized spacial score (nSPS) is 14.4. The first-order chi connectivity index (χ1) is 14.1. The molecule has 0 unspecified atom stereocenters. The van der Waals surface area contributed by atoms with Gasteiger partial charge in [-0.15, -0.1) is 0 Å². The zero-order chi connectivity index (χ0) is 20.7. The first-order valence-electron chi connectivity index (χ1n) is 9.85. The molecular formula is C25H27IO2Si. The van der Waals surface area contributed by atoms with E-state index in [-0.39, 0.29) is 18.6 Å². The highest BCUT2D eigenvalue weighted by Gasteiger charge is 2.44. The molecule has 2 atom stereocenters. The molecule has 3 rings (SSSR count). The van der Waals surface area contributed by atoms with Crippen LogP contribution in [0.4, 0.5) is 0 Å². The standard InChI is InChI=1S/C25H27IO2Si/c1-20(18-26)25(21(2)19-27)28-29(22-12-6-3-7-13-22,23-14-8-4-9-15-23)24-16-10-5-11-17-24/h3-18,21,25,27H,19H2,1-2H3/t21-,25+/m1/s1. The van der Waals surface area contributed by atoms with E-state index in [0.29, 0.717) is 0 Å². The van der Waals surface area contributed by atoms with Gasteiger partial charge in [0, 0.05) is 12.5 Å². The van der Waals surface area contributed by atoms with Gasteiger partial charge in [0.2, 0.25) is 0 Å². The summed E-state index contributed by atoms with van der Waals surface area (Å²) >= 11 is 2.27. The second kappa shape index (κ2) is 10.3. The van der Waals surface area contributed by atoms with Crippen molar-refractivity contribution in [2.75, 3.05) is 6.61 Å². The molecule has 0 aliphatic carbocycles. The maximum absolute atomic E-state index is 9.96. The summed E-state index contributed by atoms with van der Waals surface area (Å²) in [5.41, 5.74) is 1.13. The second-order valence-electron chi connectivity index (χ2n) is 7.33. The van der Waals surface area contributed by atoms with Crippen LogP contribution in [0.15, 0.2) is 101 Å². The predicted octanol–water partition coefficient (Wildman–Crippen LogP) is 4.01. The van der Waals surface area contributed by atoms with Gasteiger partial charge in [0.15, 0.2) is 0 Å². The Morgan fingerprint density at radius 1 is 0.862 bits per heavy atom. The highest BCUT2D eigenvalue weighted by molar-refractivity contribution is 14.1. The molecule has 0 spiro atoms. The number of rotatable bonds is 8. The van der Waals surface area contributed by atoms with Crippen molar-refractivity contribution in [1.29, 1.82) is 0 Å². The Morgan fingerprint density at radius 3 is 1.55 bits per heavy atom. The lowest BCUT2D eigenvalue weighted by Gasteiger charge is -2.38. The summed E-state index contributed by atoms with van der Waals surface area (Å²) in [6.45, 7) is 4.22. The molecule has 0 amide bonds. The van der Waals surface area contributed by atoms with Gasteiger partial charge < -0.3 is 9.53 Å². The fourth-order valence-corrected chi connectivity index (χ4v) is 8.28. The van der Waals surface area contributed by atoms with Gasteiger partial charge in [0.25, 0.3) is 8.32 Å². The lowest BCUT2D eigenvalue weighted by molar-refractivity contribution is 0.120. The van der Waals surface area contributed by atoms with Crippen LogP contribution in [-0.4, -0.2) is 26.1 Å². The van der Waals surface area contributed by atoms with E-state index in [1.54, 1.807) is 0 Å². The number of aliphatic hydroxyl groups is 1. The van der Waals surface area contributed by atoms with E-state index in [0.717, 1.165) is 5.57 Å². The van der Waals surface area contributed by atoms with Gasteiger partial charge in [0.05, 0.1) is 6.10 Å². The third-order valence-corrected chi connectivity index (χ3v) is 10.3. The van der Waals surface area contributed by atoms with Gasteiger partial charge in [-0.3, -0.25) is 0 Å². The van der Waals surface area contributed by atoms with E-state index in [1.807, 2.05) is 18.2 Å². The zero-order valence-corrected chi connectivity index (χ0v) is 20.0. The van der Waals surface area contributed by atoms with Gasteiger partial charge in [-0.05, 0) is 32.1 Å². The van der Waals surface area contributed by atoms with Crippen LogP contribution >= 0.6 is 22.6 Å². The van der Waals surface area contributed by atoms with Crippen molar-refractivity contribution in [2.45, 2.75) is 20.0 Å². The summed E-state index contributed by atoms with van der Waals surface area (Å²) in [6.07, 6.45) is -0.177. The maximum Gasteiger partial charge on any atom is 0.288 e. The van der Waals surface area contributed by atoms with Gasteiger partial charge in [-0.25, -0.2) is 0 Å². The molecule has 0 heterocycles. The van der Waals surface area contributed by atoms with Gasteiger partial charge >= 0.3 is 0 Å². The highest BCUT2D eigenvalue weighted by Crippen LogP contribution is 2.23. The number of aliphatic hydroxyl groups excluding tert-OH is 1. The Balaban J connectivity index is 2.30. The van der Waals surface area contributed by atoms with Crippen molar-refractivity contribution in [2.24, 2.45) is 5.92 Å². The van der Waals surface area contributed by atoms with Gasteiger partial charge in [-0.1, -0.05) is 121 Å². The van der Waals surface area contributed by atoms with Crippen LogP contribution < -0.4 is 15.6 Å². The van der Waals surface area contributed by atoms with E-state index in [1.165, 1.54) is 15.6 Å². The average Bonchev–Trinajstić information content (AvgIpc) is 2.81. The minimum Gasteiger partial charge on any atom is -0.397 e. The minimum atomic E-state index is -2.80. The molecule has 0 radical (unpaired) electrons. The Kier molecular flexibility index (Phi) is 7.83. The summed E-state index contributed by atoms with van der Waals surface area (Å²) in [7, 11) is -2.80. The van der Waals surface area contributed by atoms with Gasteiger partial charge in [-0.2, -0.15) is 0 Å². The van der Waals surface area contributed by atoms with E-state index < -0.39 is 8.32 Å². The molecule has 0 bridgehead atoms. The predicted molar refractivity (Wildman–Crippen MR) is 133 cm³/mol. The topological polar surface area (TPSA) is 29.5 Å². The highest BCUT2D eigenvalue weighted by atomic mass is 127. The Bertz CT molecular complexity index is 817. The summed E-state index contributed by atoms with van der Waals surface area (Å²) in [6, 6.07) is 31.7. The third-order valence-electron chi connectivity index (χ3n) is 5.27. The van der Waals surface area contributed by atoms with Crippen molar-refractivity contribution in [3.63, 3.8) is 0 Å². The largest absolute Gasteiger partial charge is 0.397 e. The number of benzene rings is 3. The average molecular weight is 514 g/mol. The van der Waals surface area contributed by atoms with Crippen LogP contribution in [0.3, 0.4) is 0 Å². The first-order valence-corrected chi connectivity index (χ1v) is 13.0. The van der Waals surface area contributed by atoms with Crippen LogP contribution in [-0.2, 0) is 4.43 Å². The molecular weight excluding hydrogens is 487 g/mol. The van der Waals surface area contributed by atoms with Crippen molar-refractivity contribution in [3.8, 4) is 0 Å². The van der Waals surface area contributed by atoms with Crippen molar-refractivity contribution in [1.82, 2.24) is 0 Å². The van der Waals surface area contributed by atoms with Crippen molar-refractivity contribution in [3.05, 3.63) is 101 Å². The summed E-state index contributed by atoms with van der Waals surface area (Å²) in [5.74, 6) is -0.0102. The third kappa shape index (κ3) is 4.72. The quantitative estimate of drug-likeness (QED) is 0.280. The molecule has 4 heteroatoms. The molecule has 3 aromatic carbocycles. The van der Waals surface area contributed by atoms with Crippen LogP contribution in [0.1, 0.15) is 13.8 Å². The molecule has 0 fully saturated rings. The smallest absolute Gasteiger partial charge is 0.288 e. The van der Waals surface area contributed by atoms with Crippen molar-refractivity contribution >= 4 is 46.5 Å². The molecule has 2 nitrogen and oxygen atoms in total. The van der Waals surface area contributed by atoms with E-state index in [4.69, 9.17) is 4.43 Å². The SMILES string of the molecule is CC(=CI)[C@H](O[Si](c1ccccc1)(c1ccccc1)c1ccccc1)[C@H](C)CO. The van der Waals surface area contributed by atoms with Crippen LogP contribution in [0.5, 0.6) is 0 Å². The van der Waals surface area contributed by atoms with Crippen LogP contribution in [0.25, 0.3) is 0 Å². The number of hydrogen-bond acceptors (Lipinski definition) is 2. The van der Waals surface area contributed by atoms with Crippen LogP contribution in [0.2, 0.25) is 0 Å². The van der Waals surface area contributed by atoms with E-state index in [2.05, 4.69) is 113 Å². The Labute approximate surface area is 188 Å². The summed E-state index contributed by atoms with van der Waals surface area (Å²) in [5, 5.41) is 13.6. The van der Waals surface area contributed by atoms with Gasteiger partial charge in [0.1, 0.15) is 0 Å². The van der Waals surface area contributed by atoms with E-state index in [9.17, 15) is 5.11 Å². The lowest BCUT2D eigenvalue weighted by Crippen LogP contribution is -2.70. The van der Waals surface area contributed by atoms with Crippen LogP contribution in [0, 0.1) is 5.92 Å². The van der Waals surface area contributed by atoms with E-state index >= 15 is 0 Å². The summed E-state index contributed by atoms with van der Waals surface area (Å²) < 4.78 is 9.27. The fourth-order valence-electron chi connectivity index (χ4n) is 3.73. The Morgan fingerprint density at radius 2 is 1.24 bits per heavy atom.